The van der Waals surface area contributed by atoms with E-state index in [0.717, 1.165) is 0 Å². The summed E-state index contributed by atoms with van der Waals surface area (Å²) in [5.41, 5.74) is 1.36. The van der Waals surface area contributed by atoms with Gasteiger partial charge >= 0.3 is 0 Å². The molecule has 0 aliphatic rings. The van der Waals surface area contributed by atoms with Crippen molar-refractivity contribution >= 4 is 17.5 Å². The lowest BCUT2D eigenvalue weighted by molar-refractivity contribution is 0.0774. The second kappa shape index (κ2) is 9.78. The maximum atomic E-state index is 12.8. The van der Waals surface area contributed by atoms with Crippen LogP contribution in [0.2, 0.25) is 0 Å². The standard InChI is InChI=1S/C22H28N2O4/c1-6-24(7-2)22(26)17-10-8-9-11-18(17)23-21(25)16-12-13-19(28-15(3)4)20(14-16)27-5/h8-15H,6-7H2,1-5H3,(H,23,25). The molecule has 0 aliphatic heterocycles. The molecule has 0 spiro atoms. The van der Waals surface area contributed by atoms with Gasteiger partial charge in [-0.3, -0.25) is 9.59 Å². The fraction of sp³-hybridized carbons (Fsp3) is 0.364. The normalized spacial score (nSPS) is 10.5. The van der Waals surface area contributed by atoms with Crippen LogP contribution in [0.5, 0.6) is 11.5 Å². The quantitative estimate of drug-likeness (QED) is 0.740. The Bertz CT molecular complexity index is 829. The van der Waals surface area contributed by atoms with Crippen molar-refractivity contribution in [2.45, 2.75) is 33.8 Å². The number of carbonyl (C=O) groups excluding carboxylic acids is 2. The van der Waals surface area contributed by atoms with Crippen LogP contribution >= 0.6 is 0 Å². The maximum absolute atomic E-state index is 12.8. The van der Waals surface area contributed by atoms with Crippen LogP contribution in [-0.2, 0) is 0 Å². The second-order valence-corrected chi connectivity index (χ2v) is 6.51. The van der Waals surface area contributed by atoms with Gasteiger partial charge in [-0.15, -0.1) is 0 Å². The van der Waals surface area contributed by atoms with Crippen LogP contribution in [-0.4, -0.2) is 43.0 Å². The minimum Gasteiger partial charge on any atom is -0.493 e. The molecule has 0 bridgehead atoms. The average molecular weight is 384 g/mol. The molecule has 0 radical (unpaired) electrons. The van der Waals surface area contributed by atoms with E-state index in [-0.39, 0.29) is 17.9 Å². The van der Waals surface area contributed by atoms with Gasteiger partial charge in [-0.2, -0.15) is 0 Å². The molecule has 2 amide bonds. The van der Waals surface area contributed by atoms with Crippen molar-refractivity contribution in [1.82, 2.24) is 4.90 Å². The third-order valence-corrected chi connectivity index (χ3v) is 4.24. The Morgan fingerprint density at radius 3 is 2.32 bits per heavy atom. The van der Waals surface area contributed by atoms with Crippen LogP contribution in [0.15, 0.2) is 42.5 Å². The molecule has 0 aliphatic carbocycles. The predicted octanol–water partition coefficient (Wildman–Crippen LogP) is 4.22. The van der Waals surface area contributed by atoms with E-state index in [4.69, 9.17) is 9.47 Å². The highest BCUT2D eigenvalue weighted by atomic mass is 16.5. The summed E-state index contributed by atoms with van der Waals surface area (Å²) >= 11 is 0. The van der Waals surface area contributed by atoms with Crippen LogP contribution in [0.25, 0.3) is 0 Å². The van der Waals surface area contributed by atoms with E-state index in [1.807, 2.05) is 27.7 Å². The number of hydrogen-bond acceptors (Lipinski definition) is 4. The molecular weight excluding hydrogens is 356 g/mol. The minimum absolute atomic E-state index is 0.00783. The van der Waals surface area contributed by atoms with Gasteiger partial charge in [0, 0.05) is 18.7 Å². The van der Waals surface area contributed by atoms with E-state index >= 15 is 0 Å². The number of amides is 2. The molecule has 0 aromatic heterocycles. The monoisotopic (exact) mass is 384 g/mol. The number of anilines is 1. The van der Waals surface area contributed by atoms with Crippen LogP contribution in [0, 0.1) is 0 Å². The summed E-state index contributed by atoms with van der Waals surface area (Å²) in [5.74, 6) is 0.619. The van der Waals surface area contributed by atoms with Crippen molar-refractivity contribution in [3.05, 3.63) is 53.6 Å². The maximum Gasteiger partial charge on any atom is 0.255 e. The molecule has 2 rings (SSSR count). The molecule has 6 nitrogen and oxygen atoms in total. The highest BCUT2D eigenvalue weighted by molar-refractivity contribution is 6.09. The van der Waals surface area contributed by atoms with Gasteiger partial charge in [0.1, 0.15) is 0 Å². The Morgan fingerprint density at radius 1 is 1.04 bits per heavy atom. The van der Waals surface area contributed by atoms with Gasteiger partial charge in [-0.1, -0.05) is 12.1 Å². The van der Waals surface area contributed by atoms with Gasteiger partial charge in [0.2, 0.25) is 0 Å². The van der Waals surface area contributed by atoms with Gasteiger partial charge in [0.05, 0.1) is 24.5 Å². The largest absolute Gasteiger partial charge is 0.493 e. The molecule has 2 aromatic rings. The van der Waals surface area contributed by atoms with Gasteiger partial charge in [-0.05, 0) is 58.0 Å². The number of nitrogens with one attached hydrogen (secondary N) is 1. The first-order chi connectivity index (χ1) is 13.4. The lowest BCUT2D eigenvalue weighted by Crippen LogP contribution is -2.31. The van der Waals surface area contributed by atoms with Crippen molar-refractivity contribution in [3.8, 4) is 11.5 Å². The zero-order chi connectivity index (χ0) is 20.7. The Hall–Kier alpha value is -3.02. The fourth-order valence-electron chi connectivity index (χ4n) is 2.81. The number of hydrogen-bond donors (Lipinski definition) is 1. The van der Waals surface area contributed by atoms with E-state index in [1.54, 1.807) is 47.4 Å². The molecule has 0 unspecified atom stereocenters. The number of rotatable bonds is 8. The summed E-state index contributed by atoms with van der Waals surface area (Å²) in [6.07, 6.45) is -0.00783. The number of carbonyl (C=O) groups is 2. The van der Waals surface area contributed by atoms with Gasteiger partial charge in [0.15, 0.2) is 11.5 Å². The molecule has 0 heterocycles. The van der Waals surface area contributed by atoms with E-state index < -0.39 is 0 Å². The average Bonchev–Trinajstić information content (AvgIpc) is 2.69. The van der Waals surface area contributed by atoms with Gasteiger partial charge in [0.25, 0.3) is 11.8 Å². The van der Waals surface area contributed by atoms with Crippen LogP contribution in [0.1, 0.15) is 48.4 Å². The Morgan fingerprint density at radius 2 is 1.71 bits per heavy atom. The Labute approximate surface area is 166 Å². The molecule has 6 heteroatoms. The number of benzene rings is 2. The molecule has 28 heavy (non-hydrogen) atoms. The molecule has 150 valence electrons. The smallest absolute Gasteiger partial charge is 0.255 e. The zero-order valence-electron chi connectivity index (χ0n) is 17.1. The summed E-state index contributed by atoms with van der Waals surface area (Å²) in [6, 6.07) is 12.0. The lowest BCUT2D eigenvalue weighted by atomic mass is 10.1. The molecule has 2 aromatic carbocycles. The summed E-state index contributed by atoms with van der Waals surface area (Å²) in [4.78, 5) is 27.2. The lowest BCUT2D eigenvalue weighted by Gasteiger charge is -2.20. The molecule has 0 fully saturated rings. The van der Waals surface area contributed by atoms with E-state index in [2.05, 4.69) is 5.32 Å². The molecule has 0 saturated heterocycles. The minimum atomic E-state index is -0.325. The van der Waals surface area contributed by atoms with Crippen molar-refractivity contribution < 1.29 is 19.1 Å². The van der Waals surface area contributed by atoms with E-state index in [0.29, 0.717) is 41.4 Å². The van der Waals surface area contributed by atoms with Crippen LogP contribution in [0.4, 0.5) is 5.69 Å². The first kappa shape index (κ1) is 21.3. The first-order valence-corrected chi connectivity index (χ1v) is 9.45. The predicted molar refractivity (Wildman–Crippen MR) is 110 cm³/mol. The molecule has 0 saturated carbocycles. The number of para-hydroxylation sites is 1. The van der Waals surface area contributed by atoms with E-state index in [9.17, 15) is 9.59 Å². The van der Waals surface area contributed by atoms with E-state index in [1.165, 1.54) is 7.11 Å². The Balaban J connectivity index is 2.27. The molecular formula is C22H28N2O4. The summed E-state index contributed by atoms with van der Waals surface area (Å²) < 4.78 is 11.0. The van der Waals surface area contributed by atoms with Crippen LogP contribution < -0.4 is 14.8 Å². The van der Waals surface area contributed by atoms with Crippen molar-refractivity contribution in [1.29, 1.82) is 0 Å². The van der Waals surface area contributed by atoms with Gasteiger partial charge in [-0.25, -0.2) is 0 Å². The molecule has 1 N–H and O–H groups in total. The summed E-state index contributed by atoms with van der Waals surface area (Å²) in [6.45, 7) is 8.90. The fourth-order valence-corrected chi connectivity index (χ4v) is 2.81. The van der Waals surface area contributed by atoms with Crippen LogP contribution in [0.3, 0.4) is 0 Å². The highest BCUT2D eigenvalue weighted by Gasteiger charge is 2.18. The summed E-state index contributed by atoms with van der Waals surface area (Å²) in [5, 5.41) is 2.84. The third-order valence-electron chi connectivity index (χ3n) is 4.24. The Kier molecular flexibility index (Phi) is 7.44. The topological polar surface area (TPSA) is 67.9 Å². The number of methoxy groups -OCH3 is 1. The van der Waals surface area contributed by atoms with Crippen molar-refractivity contribution in [2.24, 2.45) is 0 Å². The second-order valence-electron chi connectivity index (χ2n) is 6.51. The molecule has 0 atom stereocenters. The van der Waals surface area contributed by atoms with Gasteiger partial charge < -0.3 is 19.7 Å². The first-order valence-electron chi connectivity index (χ1n) is 9.45. The summed E-state index contributed by atoms with van der Waals surface area (Å²) in [7, 11) is 1.53. The number of ether oxygens (including phenoxy) is 2. The van der Waals surface area contributed by atoms with Crippen molar-refractivity contribution in [2.75, 3.05) is 25.5 Å². The third kappa shape index (κ3) is 5.03. The number of nitrogens with zero attached hydrogens (tertiary/aromatic N) is 1. The highest BCUT2D eigenvalue weighted by Crippen LogP contribution is 2.29. The van der Waals surface area contributed by atoms with Crippen molar-refractivity contribution in [3.63, 3.8) is 0 Å². The SMILES string of the molecule is CCN(CC)C(=O)c1ccccc1NC(=O)c1ccc(OC(C)C)c(OC)c1. The zero-order valence-corrected chi connectivity index (χ0v) is 17.1.